The van der Waals surface area contributed by atoms with Crippen molar-refractivity contribution in [1.82, 2.24) is 0 Å². The van der Waals surface area contributed by atoms with E-state index in [1.807, 2.05) is 0 Å². The number of carbonyl (C=O) groups is 2. The van der Waals surface area contributed by atoms with Crippen molar-refractivity contribution >= 4 is 22.9 Å². The maximum Gasteiger partial charge on any atom is 0.339 e. The van der Waals surface area contributed by atoms with Crippen LogP contribution in [0.3, 0.4) is 0 Å². The first-order valence-corrected chi connectivity index (χ1v) is 11.9. The Balaban J connectivity index is 1.46. The average Bonchev–Trinajstić information content (AvgIpc) is 2.90. The predicted molar refractivity (Wildman–Crippen MR) is 139 cm³/mol. The van der Waals surface area contributed by atoms with Crippen LogP contribution >= 0.6 is 0 Å². The first kappa shape index (κ1) is 27.6. The van der Waals surface area contributed by atoms with Crippen LogP contribution in [0.5, 0.6) is 34.5 Å². The fraction of sp³-hybridized carbons (Fsp3) is 0.179. The Morgan fingerprint density at radius 2 is 1.15 bits per heavy atom. The van der Waals surface area contributed by atoms with E-state index < -0.39 is 29.1 Å². The van der Waals surface area contributed by atoms with Crippen LogP contribution in [0.2, 0.25) is 0 Å². The smallest absolute Gasteiger partial charge is 0.339 e. The highest BCUT2D eigenvalue weighted by Gasteiger charge is 2.16. The van der Waals surface area contributed by atoms with Crippen molar-refractivity contribution in [3.8, 4) is 34.5 Å². The zero-order valence-corrected chi connectivity index (χ0v) is 21.1. The minimum absolute atomic E-state index is 0.0246. The third-order valence-electron chi connectivity index (χ3n) is 5.67. The molecule has 0 aliphatic heterocycles. The lowest BCUT2D eigenvalue weighted by Gasteiger charge is -2.16. The molecule has 1 heterocycles. The van der Waals surface area contributed by atoms with Crippen molar-refractivity contribution in [2.24, 2.45) is 0 Å². The SMILES string of the molecule is Cc1cc(=O)oc2cc(OCCOc3cccc(C(=O)O)c3O)c(OCCOc3cccc(C(=O)O)c3O)cc12. The second-order valence-corrected chi connectivity index (χ2v) is 8.35. The lowest BCUT2D eigenvalue weighted by Crippen LogP contribution is -2.13. The van der Waals surface area contributed by atoms with Crippen molar-refractivity contribution < 1.29 is 53.4 Å². The van der Waals surface area contributed by atoms with E-state index in [0.29, 0.717) is 10.9 Å². The van der Waals surface area contributed by atoms with Crippen molar-refractivity contribution in [2.75, 3.05) is 26.4 Å². The number of phenols is 2. The topological polar surface area (TPSA) is 182 Å². The lowest BCUT2D eigenvalue weighted by molar-refractivity contribution is 0.0681. The molecule has 0 atom stereocenters. The van der Waals surface area contributed by atoms with Gasteiger partial charge in [-0.3, -0.25) is 0 Å². The summed E-state index contributed by atoms with van der Waals surface area (Å²) in [5, 5.41) is 39.1. The fourth-order valence-corrected chi connectivity index (χ4v) is 3.78. The summed E-state index contributed by atoms with van der Waals surface area (Å²) < 4.78 is 27.8. The van der Waals surface area contributed by atoms with Crippen LogP contribution in [0.4, 0.5) is 0 Å². The first-order valence-electron chi connectivity index (χ1n) is 11.9. The minimum Gasteiger partial charge on any atom is -0.504 e. The van der Waals surface area contributed by atoms with E-state index in [1.54, 1.807) is 13.0 Å². The largest absolute Gasteiger partial charge is 0.504 e. The van der Waals surface area contributed by atoms with Crippen LogP contribution in [0, 0.1) is 6.92 Å². The van der Waals surface area contributed by atoms with Gasteiger partial charge in [0, 0.05) is 17.5 Å². The summed E-state index contributed by atoms with van der Waals surface area (Å²) in [7, 11) is 0. The summed E-state index contributed by atoms with van der Waals surface area (Å²) in [6.45, 7) is 1.52. The highest BCUT2D eigenvalue weighted by atomic mass is 16.6. The number of hydrogen-bond acceptors (Lipinski definition) is 10. The molecule has 4 aromatic rings. The number of aromatic hydroxyl groups is 2. The molecule has 12 heteroatoms. The molecule has 1 aromatic heterocycles. The lowest BCUT2D eigenvalue weighted by atomic mass is 10.1. The van der Waals surface area contributed by atoms with Gasteiger partial charge in [-0.05, 0) is 42.8 Å². The Hall–Kier alpha value is -5.39. The molecule has 0 aliphatic carbocycles. The van der Waals surface area contributed by atoms with Gasteiger partial charge in [-0.1, -0.05) is 12.1 Å². The summed E-state index contributed by atoms with van der Waals surface area (Å²) in [6, 6.07) is 12.6. The molecule has 0 spiro atoms. The monoisotopic (exact) mass is 552 g/mol. The number of rotatable bonds is 12. The van der Waals surface area contributed by atoms with Crippen LogP contribution in [0.15, 0.2) is 63.8 Å². The fourth-order valence-electron chi connectivity index (χ4n) is 3.78. The number of hydrogen-bond donors (Lipinski definition) is 4. The molecule has 0 amide bonds. The number of fused-ring (bicyclic) bond motifs is 1. The van der Waals surface area contributed by atoms with Gasteiger partial charge in [-0.15, -0.1) is 0 Å². The summed E-state index contributed by atoms with van der Waals surface area (Å²) in [6.07, 6.45) is 0. The number of ether oxygens (including phenoxy) is 4. The Morgan fingerprint density at radius 1 is 0.700 bits per heavy atom. The van der Waals surface area contributed by atoms with E-state index >= 15 is 0 Å². The van der Waals surface area contributed by atoms with Crippen molar-refractivity contribution in [2.45, 2.75) is 6.92 Å². The molecule has 4 rings (SSSR count). The molecule has 12 nitrogen and oxygen atoms in total. The predicted octanol–water partition coefficient (Wildman–Crippen LogP) is 3.82. The zero-order valence-electron chi connectivity index (χ0n) is 21.1. The molecule has 0 unspecified atom stereocenters. The van der Waals surface area contributed by atoms with E-state index in [-0.39, 0.29) is 66.1 Å². The Labute approximate surface area is 226 Å². The molecule has 3 aromatic carbocycles. The summed E-state index contributed by atoms with van der Waals surface area (Å²) >= 11 is 0. The number of aromatic carboxylic acids is 2. The third kappa shape index (κ3) is 6.18. The van der Waals surface area contributed by atoms with Crippen molar-refractivity contribution in [1.29, 1.82) is 0 Å². The highest BCUT2D eigenvalue weighted by molar-refractivity contribution is 5.92. The average molecular weight is 552 g/mol. The second kappa shape index (κ2) is 12.0. The van der Waals surface area contributed by atoms with Gasteiger partial charge in [0.1, 0.15) is 43.1 Å². The number of para-hydroxylation sites is 2. The van der Waals surface area contributed by atoms with Gasteiger partial charge in [0.2, 0.25) is 0 Å². The molecular formula is C28H24O12. The van der Waals surface area contributed by atoms with Crippen LogP contribution in [-0.4, -0.2) is 58.8 Å². The van der Waals surface area contributed by atoms with Gasteiger partial charge in [0.25, 0.3) is 0 Å². The first-order chi connectivity index (χ1) is 19.2. The van der Waals surface area contributed by atoms with E-state index in [2.05, 4.69) is 0 Å². The van der Waals surface area contributed by atoms with Crippen molar-refractivity contribution in [3.05, 3.63) is 81.7 Å². The van der Waals surface area contributed by atoms with Gasteiger partial charge >= 0.3 is 17.6 Å². The molecule has 0 saturated carbocycles. The van der Waals surface area contributed by atoms with Gasteiger partial charge in [-0.25, -0.2) is 14.4 Å². The van der Waals surface area contributed by atoms with Gasteiger partial charge in [0.15, 0.2) is 34.5 Å². The maximum absolute atomic E-state index is 11.9. The van der Waals surface area contributed by atoms with E-state index in [0.717, 1.165) is 0 Å². The van der Waals surface area contributed by atoms with Crippen LogP contribution in [0.25, 0.3) is 11.0 Å². The Kier molecular flexibility index (Phi) is 8.28. The standard InChI is InChI=1S/C28H24O12/c1-15-12-24(29)40-21-14-23(39-11-9-37-20-7-3-5-17(26(20)31)28(34)35)22(13-18(15)21)38-10-8-36-19-6-2-4-16(25(19)30)27(32)33/h2-7,12-14,30-31H,8-11H2,1H3,(H,32,33)(H,34,35). The highest BCUT2D eigenvalue weighted by Crippen LogP contribution is 2.34. The molecule has 0 radical (unpaired) electrons. The quantitative estimate of drug-likeness (QED) is 0.147. The van der Waals surface area contributed by atoms with E-state index in [9.17, 15) is 24.6 Å². The molecule has 40 heavy (non-hydrogen) atoms. The summed E-state index contributed by atoms with van der Waals surface area (Å²) in [5.41, 5.74) is -0.248. The normalized spacial score (nSPS) is 10.7. The summed E-state index contributed by atoms with van der Waals surface area (Å²) in [4.78, 5) is 34.3. The zero-order chi connectivity index (χ0) is 28.8. The number of carboxylic acid groups (broad SMARTS) is 2. The number of benzene rings is 3. The van der Waals surface area contributed by atoms with Crippen molar-refractivity contribution in [3.63, 3.8) is 0 Å². The molecule has 0 saturated heterocycles. The van der Waals surface area contributed by atoms with Crippen LogP contribution in [-0.2, 0) is 0 Å². The maximum atomic E-state index is 11.9. The van der Waals surface area contributed by atoms with Gasteiger partial charge in [-0.2, -0.15) is 0 Å². The molecule has 0 fully saturated rings. The van der Waals surface area contributed by atoms with Gasteiger partial charge < -0.3 is 43.8 Å². The van der Waals surface area contributed by atoms with Gasteiger partial charge in [0.05, 0.1) is 0 Å². The van der Waals surface area contributed by atoms with E-state index in [1.165, 1.54) is 48.5 Å². The third-order valence-corrected chi connectivity index (χ3v) is 5.67. The Bertz CT molecular complexity index is 1620. The van der Waals surface area contributed by atoms with E-state index in [4.69, 9.17) is 33.6 Å². The summed E-state index contributed by atoms with van der Waals surface area (Å²) in [5.74, 6) is -3.21. The van der Waals surface area contributed by atoms with Crippen LogP contribution in [0.1, 0.15) is 26.3 Å². The number of carboxylic acids is 2. The van der Waals surface area contributed by atoms with Crippen LogP contribution < -0.4 is 24.6 Å². The molecule has 0 bridgehead atoms. The second-order valence-electron chi connectivity index (χ2n) is 8.35. The molecule has 0 aliphatic rings. The Morgan fingerprint density at radius 3 is 1.62 bits per heavy atom. The number of aryl methyl sites for hydroxylation is 1. The molecule has 4 N–H and O–H groups in total. The molecule has 208 valence electrons. The minimum atomic E-state index is -1.30. The molecular weight excluding hydrogens is 528 g/mol.